The second kappa shape index (κ2) is 26.1. The normalized spacial score (nSPS) is 28.0. The van der Waals surface area contributed by atoms with E-state index in [2.05, 4.69) is 150 Å². The van der Waals surface area contributed by atoms with Crippen molar-refractivity contribution >= 4 is 215 Å². The largest absolute Gasteiger partial charge is 0.464 e. The van der Waals surface area contributed by atoms with Crippen LogP contribution in [0.15, 0.2) is 23.0 Å². The van der Waals surface area contributed by atoms with Crippen LogP contribution in [0.2, 0.25) is 0 Å². The Balaban J connectivity index is 3.06. The number of hydrogen-bond donors (Lipinski definition) is 0. The van der Waals surface area contributed by atoms with E-state index in [1.807, 2.05) is 6.92 Å². The minimum atomic E-state index is -1.78. The van der Waals surface area contributed by atoms with E-state index in [4.69, 9.17) is 9.05 Å². The van der Waals surface area contributed by atoms with Crippen molar-refractivity contribution in [3.63, 3.8) is 0 Å². The second-order valence-corrected chi connectivity index (χ2v) is 98.2. The summed E-state index contributed by atoms with van der Waals surface area (Å²) in [6.07, 6.45) is 3.61. The average Bonchev–Trinajstić information content (AvgIpc) is 3.00. The summed E-state index contributed by atoms with van der Waals surface area (Å²) in [5.41, 5.74) is 1.20. The van der Waals surface area contributed by atoms with Crippen LogP contribution < -0.4 is 0 Å². The number of carbonyl (C=O) groups is 2. The fraction of sp³-hybridized carbons (Fsp3) is 0.700. The topological polar surface area (TPSA) is 69.7 Å². The maximum Gasteiger partial charge on any atom is 0.353 e. The van der Waals surface area contributed by atoms with E-state index < -0.39 is 95.9 Å². The number of Topliss-reactive ketones (excluding diaryl/α,β-unsaturated/α-hetero) is 1. The molecule has 0 N–H and O–H groups in total. The van der Waals surface area contributed by atoms with Crippen molar-refractivity contribution in [3.05, 3.63) is 23.0 Å². The van der Waals surface area contributed by atoms with E-state index in [-0.39, 0.29) is 29.2 Å². The van der Waals surface area contributed by atoms with Crippen molar-refractivity contribution in [1.82, 2.24) is 0 Å². The molecule has 50 heavy (non-hydrogen) atoms. The fourth-order valence-electron chi connectivity index (χ4n) is 6.47. The zero-order valence-electron chi connectivity index (χ0n) is 28.5. The van der Waals surface area contributed by atoms with Gasteiger partial charge in [0, 0.05) is 50.6 Å². The molecule has 0 aliphatic heterocycles. The van der Waals surface area contributed by atoms with Crippen molar-refractivity contribution in [2.75, 3.05) is 0 Å². The second-order valence-electron chi connectivity index (χ2n) is 12.1. The van der Waals surface area contributed by atoms with Crippen molar-refractivity contribution in [2.24, 2.45) is 29.1 Å². The summed E-state index contributed by atoms with van der Waals surface area (Å²) in [5, 5.41) is 0. The summed E-state index contributed by atoms with van der Waals surface area (Å²) in [6.45, 7) is 7.11. The first-order valence-electron chi connectivity index (χ1n) is 14.7. The lowest BCUT2D eigenvalue weighted by atomic mass is 9.58. The molecule has 0 amide bonds. The highest BCUT2D eigenvalue weighted by Crippen LogP contribution is 3.18. The minimum Gasteiger partial charge on any atom is -0.464 e. The van der Waals surface area contributed by atoms with Crippen LogP contribution in [0.3, 0.4) is 0 Å². The molecule has 0 aromatic rings. The minimum absolute atomic E-state index is 0.0179. The highest BCUT2D eigenvalue weighted by atomic mass is 33.2. The molecule has 288 valence electrons. The number of rotatable bonds is 18. The van der Waals surface area contributed by atoms with Gasteiger partial charge >= 0.3 is 7.49 Å². The third-order valence-electron chi connectivity index (χ3n) is 8.68. The molecule has 2 rings (SSSR count). The van der Waals surface area contributed by atoms with Gasteiger partial charge in [0.2, 0.25) is 0 Å². The number of aldehydes is 1. The number of allylic oxidation sites excluding steroid dienone is 2. The Morgan fingerprint density at radius 3 is 1.94 bits per heavy atom. The van der Waals surface area contributed by atoms with Gasteiger partial charge in [0.1, 0.15) is 27.1 Å². The van der Waals surface area contributed by atoms with Gasteiger partial charge in [-0.1, -0.05) is 49.1 Å². The van der Waals surface area contributed by atoms with E-state index in [9.17, 15) is 9.36 Å². The van der Waals surface area contributed by atoms with Gasteiger partial charge in [0.15, 0.2) is 19.0 Å². The van der Waals surface area contributed by atoms with Gasteiger partial charge in [-0.2, -0.15) is 0 Å². The van der Waals surface area contributed by atoms with Crippen LogP contribution in [0.4, 0.5) is 0 Å². The Morgan fingerprint density at radius 1 is 0.960 bits per heavy atom. The van der Waals surface area contributed by atoms with E-state index in [1.54, 1.807) is 0 Å². The molecule has 30 heteroatoms. The maximum absolute atomic E-state index is 15.3. The van der Waals surface area contributed by atoms with Crippen molar-refractivity contribution in [1.29, 1.82) is 0 Å². The van der Waals surface area contributed by atoms with E-state index in [1.165, 1.54) is 0 Å². The molecule has 2 aliphatic rings. The van der Waals surface area contributed by atoms with Gasteiger partial charge in [-0.15, -0.1) is 98.2 Å². The van der Waals surface area contributed by atoms with E-state index >= 15 is 4.79 Å². The first-order chi connectivity index (χ1) is 23.1. The molecule has 1 fully saturated rings. The molecule has 25 atom stereocenters. The molecule has 0 saturated heterocycles. The van der Waals surface area contributed by atoms with Gasteiger partial charge in [0.25, 0.3) is 0 Å². The third-order valence-corrected chi connectivity index (χ3v) is 129. The first kappa shape index (κ1) is 55.1. The van der Waals surface area contributed by atoms with Crippen LogP contribution >= 0.6 is 202 Å². The standard InChI is InChI=1S/C20H54O5P25/c1-10(7-6-8-21)15-12(3)17(22)18(25-41(43(28)29)49(39-26)45(32)33)16-11(2)14(9-13(20(16,4)5)19(15)40(23)27)24-42(48(38)44(30)31)50(46(34)35)47(36)37/h8-10,12-13,15,18-19,39H,6-7,26-38H2,1-5H3/q+1/t10?,12-,13?,15+,18+,19+,41?,42?,48?,49?/m0/s1. The predicted molar refractivity (Wildman–Crippen MR) is 301 cm³/mol. The lowest BCUT2D eigenvalue weighted by Crippen LogP contribution is -2.52. The van der Waals surface area contributed by atoms with Crippen LogP contribution in [-0.2, 0) is 23.2 Å². The molecule has 2 aliphatic carbocycles. The van der Waals surface area contributed by atoms with Crippen LogP contribution in [0.5, 0.6) is 0 Å². The predicted octanol–water partition coefficient (Wildman–Crippen LogP) is 17.7. The number of fused-ring (bicyclic) bond motifs is 2. The lowest BCUT2D eigenvalue weighted by Gasteiger charge is -2.50. The van der Waals surface area contributed by atoms with Gasteiger partial charge in [-0.05, 0) is 71.4 Å². The molecular weight excluding hydrogens is 1090 g/mol. The molecular formula is C20H54O5P25+. The first-order valence-corrected chi connectivity index (χ1v) is 58.0. The Bertz CT molecular complexity index is 1240. The molecule has 21 unspecified atom stereocenters. The summed E-state index contributed by atoms with van der Waals surface area (Å²) in [5.74, 6) is 0.213. The zero-order valence-corrected chi connectivity index (χ0v) is 54.3. The maximum atomic E-state index is 15.3. The molecule has 0 radical (unpaired) electrons. The number of hydrogen-bond acceptors (Lipinski definition) is 5. The summed E-state index contributed by atoms with van der Waals surface area (Å²) in [4.78, 5) is 26.8. The summed E-state index contributed by atoms with van der Waals surface area (Å²) >= 11 is 0. The van der Waals surface area contributed by atoms with Crippen molar-refractivity contribution in [3.8, 4) is 0 Å². The van der Waals surface area contributed by atoms with Gasteiger partial charge < -0.3 is 13.8 Å². The molecule has 5 nitrogen and oxygen atoms in total. The third kappa shape index (κ3) is 14.5. The van der Waals surface area contributed by atoms with Crippen LogP contribution in [0.25, 0.3) is 0 Å². The Labute approximate surface area is 346 Å². The van der Waals surface area contributed by atoms with Gasteiger partial charge in [-0.3, -0.25) is 4.79 Å². The van der Waals surface area contributed by atoms with Crippen molar-refractivity contribution < 1.29 is 23.2 Å². The summed E-state index contributed by atoms with van der Waals surface area (Å²) in [7, 11) is 36.5. The monoisotopic (exact) mass is 1150 g/mol. The lowest BCUT2D eigenvalue weighted by molar-refractivity contribution is -0.131. The molecule has 2 bridgehead atoms. The number of carbonyl (C=O) groups excluding carboxylic acids is 2. The fourth-order valence-corrected chi connectivity index (χ4v) is 171. The summed E-state index contributed by atoms with van der Waals surface area (Å²) < 4.78 is 29.0. The zero-order chi connectivity index (χ0) is 38.6. The van der Waals surface area contributed by atoms with E-state index in [0.29, 0.717) is 20.8 Å². The molecule has 0 aromatic carbocycles. The van der Waals surface area contributed by atoms with Crippen molar-refractivity contribution in [2.45, 2.75) is 59.2 Å². The van der Waals surface area contributed by atoms with Crippen LogP contribution in [0.1, 0.15) is 47.5 Å². The Kier molecular flexibility index (Phi) is 28.8. The summed E-state index contributed by atoms with van der Waals surface area (Å²) in [6, 6.07) is 0. The highest BCUT2D eigenvalue weighted by Gasteiger charge is 2.59. The highest BCUT2D eigenvalue weighted by molar-refractivity contribution is 9.19. The molecule has 0 heterocycles. The van der Waals surface area contributed by atoms with Crippen LogP contribution in [-0.4, -0.2) is 23.8 Å². The van der Waals surface area contributed by atoms with E-state index in [0.717, 1.165) is 23.2 Å². The number of ketones is 1. The molecule has 0 aromatic heterocycles. The van der Waals surface area contributed by atoms with Gasteiger partial charge in [0.05, 0.1) is 7.53 Å². The average molecular weight is 1150 g/mol. The Morgan fingerprint density at radius 2 is 1.52 bits per heavy atom. The Hall–Kier alpha value is 9.00. The molecule has 0 spiro atoms. The van der Waals surface area contributed by atoms with Gasteiger partial charge in [-0.25, -0.2) is 0 Å². The SMILES string of the molecule is CC1=C2[C@@H](OP(P(P)P)P(PP)P(P)P)C(=O)[C@@H](C)[C@@H](C(C)CCC=O)[C@H]([P+](=O)P)C(C=C1OP(P(P)P(P)P)P(P(P)P)P(P)P)C2(C)C. The molecule has 1 saturated carbocycles. The van der Waals surface area contributed by atoms with Crippen LogP contribution in [0, 0.1) is 29.1 Å². The smallest absolute Gasteiger partial charge is 0.353 e. The quantitative estimate of drug-likeness (QED) is 0.101.